The number of hydrogen-bond donors (Lipinski definition) is 0. The Hall–Kier alpha value is -2.62. The molecule has 1 aliphatic rings. The zero-order valence-corrected chi connectivity index (χ0v) is 16.7. The highest BCUT2D eigenvalue weighted by atomic mass is 16.2. The van der Waals surface area contributed by atoms with Crippen molar-refractivity contribution in [3.8, 4) is 0 Å². The summed E-state index contributed by atoms with van der Waals surface area (Å²) in [6, 6.07) is 11.7. The van der Waals surface area contributed by atoms with Crippen LogP contribution in [0, 0.1) is 27.7 Å². The van der Waals surface area contributed by atoms with Gasteiger partial charge in [0.25, 0.3) is 11.8 Å². The fraction of sp³-hybridized carbons (Fsp3) is 0.391. The molecule has 0 radical (unpaired) electrons. The number of carbonyl (C=O) groups excluding carboxylic acids is 2. The topological polar surface area (TPSA) is 40.6 Å². The lowest BCUT2D eigenvalue weighted by molar-refractivity contribution is 0.0718. The molecular formula is C23H28N2O2. The summed E-state index contributed by atoms with van der Waals surface area (Å²) < 4.78 is 0. The molecule has 27 heavy (non-hydrogen) atoms. The Morgan fingerprint density at radius 1 is 0.630 bits per heavy atom. The monoisotopic (exact) mass is 364 g/mol. The van der Waals surface area contributed by atoms with E-state index in [1.807, 2.05) is 73.9 Å². The molecule has 1 saturated heterocycles. The number of aryl methyl sites for hydroxylation is 4. The van der Waals surface area contributed by atoms with Crippen molar-refractivity contribution in [2.45, 2.75) is 34.1 Å². The average Bonchev–Trinajstić information content (AvgIpc) is 2.91. The molecule has 1 aliphatic heterocycles. The Bertz CT molecular complexity index is 801. The molecule has 2 aromatic rings. The van der Waals surface area contributed by atoms with E-state index >= 15 is 0 Å². The van der Waals surface area contributed by atoms with Crippen molar-refractivity contribution in [2.24, 2.45) is 0 Å². The summed E-state index contributed by atoms with van der Waals surface area (Å²) in [5, 5.41) is 0. The molecule has 4 heteroatoms. The molecule has 0 N–H and O–H groups in total. The summed E-state index contributed by atoms with van der Waals surface area (Å²) >= 11 is 0. The van der Waals surface area contributed by atoms with Crippen LogP contribution in [-0.2, 0) is 0 Å². The molecule has 0 unspecified atom stereocenters. The summed E-state index contributed by atoms with van der Waals surface area (Å²) in [6.45, 7) is 10.7. The van der Waals surface area contributed by atoms with Gasteiger partial charge in [-0.25, -0.2) is 0 Å². The van der Waals surface area contributed by atoms with Crippen molar-refractivity contribution >= 4 is 11.8 Å². The highest BCUT2D eigenvalue weighted by molar-refractivity contribution is 5.95. The standard InChI is InChI=1S/C23H28N2O2/c1-16-6-8-20(14-18(16)3)22(26)24-10-5-11-25(13-12-24)23(27)21-9-7-17(2)19(4)15-21/h6-9,14-15H,5,10-13H2,1-4H3. The van der Waals surface area contributed by atoms with E-state index < -0.39 is 0 Å². The van der Waals surface area contributed by atoms with Crippen LogP contribution in [0.3, 0.4) is 0 Å². The van der Waals surface area contributed by atoms with Gasteiger partial charge in [0.15, 0.2) is 0 Å². The second kappa shape index (κ2) is 7.95. The number of rotatable bonds is 2. The van der Waals surface area contributed by atoms with Crippen LogP contribution in [0.25, 0.3) is 0 Å². The lowest BCUT2D eigenvalue weighted by Gasteiger charge is -2.23. The molecule has 0 aliphatic carbocycles. The van der Waals surface area contributed by atoms with Crippen LogP contribution >= 0.6 is 0 Å². The third-order valence-electron chi connectivity index (χ3n) is 5.58. The number of hydrogen-bond acceptors (Lipinski definition) is 2. The molecular weight excluding hydrogens is 336 g/mol. The number of amides is 2. The maximum atomic E-state index is 12.9. The Kier molecular flexibility index (Phi) is 5.64. The van der Waals surface area contributed by atoms with Crippen LogP contribution in [0.4, 0.5) is 0 Å². The normalized spacial score (nSPS) is 14.8. The number of nitrogens with zero attached hydrogens (tertiary/aromatic N) is 2. The molecule has 0 spiro atoms. The zero-order valence-electron chi connectivity index (χ0n) is 16.7. The first kappa shape index (κ1) is 19.2. The van der Waals surface area contributed by atoms with Crippen molar-refractivity contribution in [1.82, 2.24) is 9.80 Å². The molecule has 2 aromatic carbocycles. The van der Waals surface area contributed by atoms with Gasteiger partial charge in [0.1, 0.15) is 0 Å². The van der Waals surface area contributed by atoms with Gasteiger partial charge in [0.05, 0.1) is 0 Å². The minimum Gasteiger partial charge on any atom is -0.337 e. The highest BCUT2D eigenvalue weighted by Crippen LogP contribution is 2.16. The van der Waals surface area contributed by atoms with E-state index in [0.717, 1.165) is 28.7 Å². The summed E-state index contributed by atoms with van der Waals surface area (Å²) in [6.07, 6.45) is 0.799. The smallest absolute Gasteiger partial charge is 0.253 e. The molecule has 1 fully saturated rings. The van der Waals surface area contributed by atoms with Crippen molar-refractivity contribution in [3.63, 3.8) is 0 Å². The van der Waals surface area contributed by atoms with E-state index in [4.69, 9.17) is 0 Å². The maximum Gasteiger partial charge on any atom is 0.253 e. The van der Waals surface area contributed by atoms with Gasteiger partial charge in [-0.05, 0) is 80.6 Å². The van der Waals surface area contributed by atoms with Gasteiger partial charge in [-0.2, -0.15) is 0 Å². The maximum absolute atomic E-state index is 12.9. The lowest BCUT2D eigenvalue weighted by Crippen LogP contribution is -2.37. The van der Waals surface area contributed by atoms with Crippen molar-refractivity contribution in [2.75, 3.05) is 26.2 Å². The van der Waals surface area contributed by atoms with Crippen LogP contribution in [0.2, 0.25) is 0 Å². The Morgan fingerprint density at radius 3 is 1.41 bits per heavy atom. The number of carbonyl (C=O) groups is 2. The van der Waals surface area contributed by atoms with Gasteiger partial charge < -0.3 is 9.80 Å². The molecule has 4 nitrogen and oxygen atoms in total. The van der Waals surface area contributed by atoms with E-state index in [1.54, 1.807) is 0 Å². The van der Waals surface area contributed by atoms with Crippen LogP contribution in [0.15, 0.2) is 36.4 Å². The largest absolute Gasteiger partial charge is 0.337 e. The van der Waals surface area contributed by atoms with Gasteiger partial charge in [-0.15, -0.1) is 0 Å². The molecule has 0 saturated carbocycles. The van der Waals surface area contributed by atoms with Gasteiger partial charge in [0.2, 0.25) is 0 Å². The fourth-order valence-electron chi connectivity index (χ4n) is 3.44. The minimum atomic E-state index is 0.0542. The van der Waals surface area contributed by atoms with E-state index in [0.29, 0.717) is 26.2 Å². The average molecular weight is 364 g/mol. The molecule has 3 rings (SSSR count). The second-order valence-corrected chi connectivity index (χ2v) is 7.54. The van der Waals surface area contributed by atoms with E-state index in [-0.39, 0.29) is 11.8 Å². The van der Waals surface area contributed by atoms with Crippen LogP contribution in [0.5, 0.6) is 0 Å². The Balaban J connectivity index is 1.69. The third kappa shape index (κ3) is 4.21. The quantitative estimate of drug-likeness (QED) is 0.811. The highest BCUT2D eigenvalue weighted by Gasteiger charge is 2.23. The molecule has 142 valence electrons. The first-order valence-electron chi connectivity index (χ1n) is 9.60. The van der Waals surface area contributed by atoms with Gasteiger partial charge >= 0.3 is 0 Å². The fourth-order valence-corrected chi connectivity index (χ4v) is 3.44. The molecule has 0 bridgehead atoms. The van der Waals surface area contributed by atoms with Gasteiger partial charge in [-0.3, -0.25) is 9.59 Å². The summed E-state index contributed by atoms with van der Waals surface area (Å²) in [5.74, 6) is 0.108. The van der Waals surface area contributed by atoms with Crippen LogP contribution in [-0.4, -0.2) is 47.8 Å². The summed E-state index contributed by atoms with van der Waals surface area (Å²) in [4.78, 5) is 29.5. The predicted octanol–water partition coefficient (Wildman–Crippen LogP) is 3.91. The SMILES string of the molecule is Cc1ccc(C(=O)N2CCCN(C(=O)c3ccc(C)c(C)c3)CC2)cc1C. The molecule has 0 atom stereocenters. The van der Waals surface area contributed by atoms with Gasteiger partial charge in [0, 0.05) is 37.3 Å². The first-order valence-corrected chi connectivity index (χ1v) is 9.60. The Labute approximate surface area is 161 Å². The Morgan fingerprint density at radius 2 is 1.04 bits per heavy atom. The van der Waals surface area contributed by atoms with Crippen molar-refractivity contribution < 1.29 is 9.59 Å². The second-order valence-electron chi connectivity index (χ2n) is 7.54. The van der Waals surface area contributed by atoms with Gasteiger partial charge in [-0.1, -0.05) is 12.1 Å². The third-order valence-corrected chi connectivity index (χ3v) is 5.58. The molecule has 2 amide bonds. The molecule has 1 heterocycles. The van der Waals surface area contributed by atoms with Crippen molar-refractivity contribution in [3.05, 3.63) is 69.8 Å². The van der Waals surface area contributed by atoms with E-state index in [9.17, 15) is 9.59 Å². The number of benzene rings is 2. The van der Waals surface area contributed by atoms with E-state index in [2.05, 4.69) is 0 Å². The van der Waals surface area contributed by atoms with E-state index in [1.165, 1.54) is 11.1 Å². The van der Waals surface area contributed by atoms with Crippen LogP contribution < -0.4 is 0 Å². The first-order chi connectivity index (χ1) is 12.9. The zero-order chi connectivity index (χ0) is 19.6. The van der Waals surface area contributed by atoms with Crippen LogP contribution in [0.1, 0.15) is 49.4 Å². The predicted molar refractivity (Wildman–Crippen MR) is 108 cm³/mol. The molecule has 0 aromatic heterocycles. The summed E-state index contributed by atoms with van der Waals surface area (Å²) in [5.41, 5.74) is 6.09. The minimum absolute atomic E-state index is 0.0542. The van der Waals surface area contributed by atoms with Crippen molar-refractivity contribution in [1.29, 1.82) is 0 Å². The lowest BCUT2D eigenvalue weighted by atomic mass is 10.1. The summed E-state index contributed by atoms with van der Waals surface area (Å²) in [7, 11) is 0.